The van der Waals surface area contributed by atoms with Crippen LogP contribution in [0.2, 0.25) is 0 Å². The fraction of sp³-hybridized carbons (Fsp3) is 0.615. The first-order valence-corrected chi connectivity index (χ1v) is 6.86. The number of piperidine rings is 1. The molecule has 4 N–H and O–H groups in total. The van der Waals surface area contributed by atoms with Crippen LogP contribution in [0.25, 0.3) is 0 Å². The van der Waals surface area contributed by atoms with Crippen molar-refractivity contribution in [3.8, 4) is 6.07 Å². The Bertz CT molecular complexity index is 486. The van der Waals surface area contributed by atoms with Gasteiger partial charge < -0.3 is 21.1 Å². The Morgan fingerprint density at radius 1 is 1.60 bits per heavy atom. The predicted molar refractivity (Wildman–Crippen MR) is 75.9 cm³/mol. The number of nitrogens with one attached hydrogen (secondary N) is 1. The third-order valence-corrected chi connectivity index (χ3v) is 3.35. The number of nitrogen functional groups attached to an aromatic ring is 1. The summed E-state index contributed by atoms with van der Waals surface area (Å²) in [4.78, 5) is 10.3. The van der Waals surface area contributed by atoms with Crippen LogP contribution >= 0.6 is 0 Å². The summed E-state index contributed by atoms with van der Waals surface area (Å²) in [5, 5.41) is 21.4. The molecule has 0 aliphatic carbocycles. The Labute approximate surface area is 118 Å². The van der Waals surface area contributed by atoms with Gasteiger partial charge >= 0.3 is 0 Å². The molecule has 1 saturated heterocycles. The summed E-state index contributed by atoms with van der Waals surface area (Å²) in [5.41, 5.74) is 5.91. The molecule has 1 aromatic heterocycles. The number of aliphatic hydroxyl groups excluding tert-OH is 1. The third kappa shape index (κ3) is 4.05. The topological polar surface area (TPSA) is 111 Å². The van der Waals surface area contributed by atoms with Gasteiger partial charge in [0.25, 0.3) is 0 Å². The van der Waals surface area contributed by atoms with Gasteiger partial charge in [0.1, 0.15) is 17.5 Å². The Morgan fingerprint density at radius 2 is 2.45 bits per heavy atom. The molecule has 2 rings (SSSR count). The lowest BCUT2D eigenvalue weighted by molar-refractivity contribution is 0.0706. The van der Waals surface area contributed by atoms with E-state index in [1.165, 1.54) is 6.20 Å². The van der Waals surface area contributed by atoms with Gasteiger partial charge in [-0.25, -0.2) is 4.98 Å². The van der Waals surface area contributed by atoms with E-state index in [1.54, 1.807) is 0 Å². The van der Waals surface area contributed by atoms with Crippen molar-refractivity contribution >= 4 is 11.8 Å². The zero-order valence-corrected chi connectivity index (χ0v) is 11.4. The van der Waals surface area contributed by atoms with Crippen molar-refractivity contribution in [3.63, 3.8) is 0 Å². The van der Waals surface area contributed by atoms with Crippen molar-refractivity contribution in [2.24, 2.45) is 0 Å². The van der Waals surface area contributed by atoms with Crippen LogP contribution in [0.5, 0.6) is 0 Å². The molecule has 0 spiro atoms. The van der Waals surface area contributed by atoms with Crippen LogP contribution in [0, 0.1) is 11.3 Å². The van der Waals surface area contributed by atoms with Crippen molar-refractivity contribution < 1.29 is 5.11 Å². The predicted octanol–water partition coefficient (Wildman–Crippen LogP) is 0.189. The summed E-state index contributed by atoms with van der Waals surface area (Å²) in [6.07, 6.45) is 4.15. The minimum absolute atomic E-state index is 0.182. The highest BCUT2D eigenvalue weighted by Gasteiger charge is 2.16. The van der Waals surface area contributed by atoms with Crippen LogP contribution in [0.15, 0.2) is 6.20 Å². The Balaban J connectivity index is 1.71. The standard InChI is InChI=1S/C13H20N6O/c14-7-10-8-17-13(18-12(10)15)16-4-2-6-19-5-1-3-11(20)9-19/h8,11,20H,1-6,9H2,(H3,15,16,17,18)/t11-/m0/s1. The molecule has 7 heteroatoms. The van der Waals surface area contributed by atoms with Gasteiger partial charge in [0.05, 0.1) is 12.3 Å². The van der Waals surface area contributed by atoms with Crippen molar-refractivity contribution in [3.05, 3.63) is 11.8 Å². The number of likely N-dealkylation sites (tertiary alicyclic amines) is 1. The second-order valence-corrected chi connectivity index (χ2v) is 4.98. The van der Waals surface area contributed by atoms with E-state index in [1.807, 2.05) is 6.07 Å². The second-order valence-electron chi connectivity index (χ2n) is 4.98. The van der Waals surface area contributed by atoms with Gasteiger partial charge in [-0.05, 0) is 32.4 Å². The van der Waals surface area contributed by atoms with Crippen molar-refractivity contribution in [1.82, 2.24) is 14.9 Å². The fourth-order valence-corrected chi connectivity index (χ4v) is 2.30. The Kier molecular flexibility index (Phi) is 5.09. The molecular formula is C13H20N6O. The number of β-amino-alcohol motifs (C(OH)–C–C–N with tert-alkyl or cyclic N) is 1. The zero-order chi connectivity index (χ0) is 14.4. The number of nitriles is 1. The van der Waals surface area contributed by atoms with Gasteiger partial charge in [0.2, 0.25) is 5.95 Å². The second kappa shape index (κ2) is 7.03. The fourth-order valence-electron chi connectivity index (χ4n) is 2.30. The molecule has 1 aromatic rings. The SMILES string of the molecule is N#Cc1cnc(NCCCN2CCC[C@H](O)C2)nc1N. The van der Waals surface area contributed by atoms with Crippen molar-refractivity contribution in [2.75, 3.05) is 37.2 Å². The minimum Gasteiger partial charge on any atom is -0.392 e. The van der Waals surface area contributed by atoms with Gasteiger partial charge in [-0.1, -0.05) is 0 Å². The van der Waals surface area contributed by atoms with E-state index in [9.17, 15) is 5.11 Å². The first-order chi connectivity index (χ1) is 9.69. The van der Waals surface area contributed by atoms with Gasteiger partial charge in [-0.2, -0.15) is 10.2 Å². The van der Waals surface area contributed by atoms with Gasteiger partial charge in [0.15, 0.2) is 0 Å². The van der Waals surface area contributed by atoms with Gasteiger partial charge in [-0.15, -0.1) is 0 Å². The summed E-state index contributed by atoms with van der Waals surface area (Å²) < 4.78 is 0. The number of hydrogen-bond donors (Lipinski definition) is 3. The summed E-state index contributed by atoms with van der Waals surface area (Å²) >= 11 is 0. The van der Waals surface area contributed by atoms with E-state index in [0.717, 1.165) is 45.4 Å². The molecule has 0 radical (unpaired) electrons. The highest BCUT2D eigenvalue weighted by Crippen LogP contribution is 2.10. The molecule has 1 atom stereocenters. The first-order valence-electron chi connectivity index (χ1n) is 6.86. The van der Waals surface area contributed by atoms with E-state index in [4.69, 9.17) is 11.0 Å². The third-order valence-electron chi connectivity index (χ3n) is 3.35. The Morgan fingerprint density at radius 3 is 3.15 bits per heavy atom. The molecule has 0 amide bonds. The summed E-state index contributed by atoms with van der Waals surface area (Å²) in [6.45, 7) is 3.49. The van der Waals surface area contributed by atoms with Crippen LogP contribution in [-0.4, -0.2) is 52.3 Å². The molecule has 7 nitrogen and oxygen atoms in total. The van der Waals surface area contributed by atoms with Crippen molar-refractivity contribution in [2.45, 2.75) is 25.4 Å². The van der Waals surface area contributed by atoms with Crippen molar-refractivity contribution in [1.29, 1.82) is 5.26 Å². The average molecular weight is 276 g/mol. The van der Waals surface area contributed by atoms with Crippen LogP contribution in [0.3, 0.4) is 0 Å². The molecule has 0 unspecified atom stereocenters. The number of anilines is 2. The highest BCUT2D eigenvalue weighted by atomic mass is 16.3. The summed E-state index contributed by atoms with van der Waals surface area (Å²) in [6, 6.07) is 1.93. The molecule has 2 heterocycles. The number of rotatable bonds is 5. The molecule has 0 aromatic carbocycles. The minimum atomic E-state index is -0.182. The van der Waals surface area contributed by atoms with E-state index >= 15 is 0 Å². The molecule has 1 aliphatic rings. The molecule has 1 fully saturated rings. The smallest absolute Gasteiger partial charge is 0.224 e. The lowest BCUT2D eigenvalue weighted by Gasteiger charge is -2.29. The highest BCUT2D eigenvalue weighted by molar-refractivity contribution is 5.49. The Hall–Kier alpha value is -1.91. The van der Waals surface area contributed by atoms with E-state index < -0.39 is 0 Å². The normalized spacial score (nSPS) is 19.5. The van der Waals surface area contributed by atoms with Gasteiger partial charge in [0, 0.05) is 13.1 Å². The maximum absolute atomic E-state index is 9.58. The number of nitrogens with two attached hydrogens (primary N) is 1. The van der Waals surface area contributed by atoms with Crippen LogP contribution in [-0.2, 0) is 0 Å². The van der Waals surface area contributed by atoms with Crippen LogP contribution in [0.1, 0.15) is 24.8 Å². The number of aromatic nitrogens is 2. The molecular weight excluding hydrogens is 256 g/mol. The van der Waals surface area contributed by atoms with E-state index in [-0.39, 0.29) is 17.5 Å². The first kappa shape index (κ1) is 14.5. The van der Waals surface area contributed by atoms with Gasteiger partial charge in [-0.3, -0.25) is 0 Å². The molecule has 20 heavy (non-hydrogen) atoms. The van der Waals surface area contributed by atoms with E-state index in [2.05, 4.69) is 20.2 Å². The molecule has 0 saturated carbocycles. The molecule has 108 valence electrons. The molecule has 0 bridgehead atoms. The average Bonchev–Trinajstić information content (AvgIpc) is 2.44. The summed E-state index contributed by atoms with van der Waals surface area (Å²) in [7, 11) is 0. The largest absolute Gasteiger partial charge is 0.392 e. The molecule has 1 aliphatic heterocycles. The van der Waals surface area contributed by atoms with E-state index in [0.29, 0.717) is 5.95 Å². The zero-order valence-electron chi connectivity index (χ0n) is 11.4. The van der Waals surface area contributed by atoms with Crippen LogP contribution in [0.4, 0.5) is 11.8 Å². The monoisotopic (exact) mass is 276 g/mol. The number of nitrogens with zero attached hydrogens (tertiary/aromatic N) is 4. The summed E-state index contributed by atoms with van der Waals surface area (Å²) in [5.74, 6) is 0.643. The number of aliphatic hydroxyl groups is 1. The maximum Gasteiger partial charge on any atom is 0.224 e. The number of hydrogen-bond acceptors (Lipinski definition) is 7. The maximum atomic E-state index is 9.58. The lowest BCUT2D eigenvalue weighted by atomic mass is 10.1. The van der Waals surface area contributed by atoms with Crippen LogP contribution < -0.4 is 11.1 Å². The quantitative estimate of drug-likeness (QED) is 0.658. The lowest BCUT2D eigenvalue weighted by Crippen LogP contribution is -2.39.